The van der Waals surface area contributed by atoms with E-state index in [1.54, 1.807) is 0 Å². The second-order valence-corrected chi connectivity index (χ2v) is 6.31. The molecule has 0 bridgehead atoms. The number of amides is 1. The highest BCUT2D eigenvalue weighted by atomic mass is 16.5. The molecule has 3 rings (SSSR count). The van der Waals surface area contributed by atoms with Crippen LogP contribution in [0.1, 0.15) is 31.7 Å². The predicted octanol–water partition coefficient (Wildman–Crippen LogP) is 1.68. The molecule has 1 fully saturated rings. The van der Waals surface area contributed by atoms with E-state index in [0.717, 1.165) is 38.2 Å². The minimum Gasteiger partial charge on any atom is -0.340 e. The van der Waals surface area contributed by atoms with Gasteiger partial charge >= 0.3 is 0 Å². The van der Waals surface area contributed by atoms with E-state index >= 15 is 0 Å². The minimum atomic E-state index is 0.0336. The SMILES string of the molecule is CC(c1nc(-c2ccccc2)no1)N1CCN(C(=O)CCCN)CC1. The number of carbonyl (C=O) groups is 1. The zero-order valence-electron chi connectivity index (χ0n) is 14.6. The van der Waals surface area contributed by atoms with Crippen LogP contribution in [0, 0.1) is 0 Å². The van der Waals surface area contributed by atoms with Gasteiger partial charge in [0.25, 0.3) is 0 Å². The Hall–Kier alpha value is -2.25. The first-order chi connectivity index (χ1) is 12.2. The lowest BCUT2D eigenvalue weighted by Crippen LogP contribution is -2.49. The highest BCUT2D eigenvalue weighted by Gasteiger charge is 2.27. The number of hydrogen-bond acceptors (Lipinski definition) is 6. The second kappa shape index (κ2) is 8.22. The Kier molecular flexibility index (Phi) is 5.78. The van der Waals surface area contributed by atoms with Gasteiger partial charge in [-0.3, -0.25) is 9.69 Å². The monoisotopic (exact) mass is 343 g/mol. The molecule has 2 N–H and O–H groups in total. The summed E-state index contributed by atoms with van der Waals surface area (Å²) in [4.78, 5) is 20.8. The van der Waals surface area contributed by atoms with Gasteiger partial charge in [-0.15, -0.1) is 0 Å². The van der Waals surface area contributed by atoms with Gasteiger partial charge in [0.15, 0.2) is 0 Å². The first-order valence-corrected chi connectivity index (χ1v) is 8.80. The summed E-state index contributed by atoms with van der Waals surface area (Å²) < 4.78 is 5.46. The van der Waals surface area contributed by atoms with Gasteiger partial charge in [0, 0.05) is 38.2 Å². The lowest BCUT2D eigenvalue weighted by atomic mass is 10.2. The predicted molar refractivity (Wildman–Crippen MR) is 94.6 cm³/mol. The van der Waals surface area contributed by atoms with Gasteiger partial charge in [-0.2, -0.15) is 4.98 Å². The first-order valence-electron chi connectivity index (χ1n) is 8.80. The molecule has 0 saturated carbocycles. The van der Waals surface area contributed by atoms with Gasteiger partial charge in [0.2, 0.25) is 17.6 Å². The number of nitrogens with zero attached hydrogens (tertiary/aromatic N) is 4. The zero-order valence-corrected chi connectivity index (χ0v) is 14.6. The maximum absolute atomic E-state index is 12.1. The first kappa shape index (κ1) is 17.6. The third-order valence-corrected chi connectivity index (χ3v) is 4.64. The third-order valence-electron chi connectivity index (χ3n) is 4.64. The van der Waals surface area contributed by atoms with Crippen molar-refractivity contribution in [3.05, 3.63) is 36.2 Å². The Morgan fingerprint density at radius 1 is 1.24 bits per heavy atom. The van der Waals surface area contributed by atoms with Crippen molar-refractivity contribution >= 4 is 5.91 Å². The summed E-state index contributed by atoms with van der Waals surface area (Å²) in [7, 11) is 0. The van der Waals surface area contributed by atoms with Crippen LogP contribution in [0.5, 0.6) is 0 Å². The summed E-state index contributed by atoms with van der Waals surface area (Å²) in [6, 6.07) is 9.83. The van der Waals surface area contributed by atoms with E-state index in [1.807, 2.05) is 35.2 Å². The van der Waals surface area contributed by atoms with Crippen molar-refractivity contribution in [1.82, 2.24) is 19.9 Å². The van der Waals surface area contributed by atoms with Crippen molar-refractivity contribution < 1.29 is 9.32 Å². The van der Waals surface area contributed by atoms with Crippen LogP contribution in [-0.4, -0.2) is 58.6 Å². The fraction of sp³-hybridized carbons (Fsp3) is 0.500. The van der Waals surface area contributed by atoms with Crippen LogP contribution >= 0.6 is 0 Å². The van der Waals surface area contributed by atoms with E-state index in [4.69, 9.17) is 10.3 Å². The normalized spacial score (nSPS) is 16.8. The van der Waals surface area contributed by atoms with Crippen molar-refractivity contribution in [2.45, 2.75) is 25.8 Å². The zero-order chi connectivity index (χ0) is 17.6. The highest BCUT2D eigenvalue weighted by Crippen LogP contribution is 2.23. The highest BCUT2D eigenvalue weighted by molar-refractivity contribution is 5.76. The molecule has 1 unspecified atom stereocenters. The van der Waals surface area contributed by atoms with Gasteiger partial charge in [0.1, 0.15) is 0 Å². The lowest BCUT2D eigenvalue weighted by molar-refractivity contribution is -0.133. The van der Waals surface area contributed by atoms with Gasteiger partial charge in [-0.1, -0.05) is 35.5 Å². The standard InChI is InChI=1S/C18H25N5O2/c1-14(18-20-17(21-25-18)15-6-3-2-4-7-15)22-10-12-23(13-11-22)16(24)8-5-9-19/h2-4,6-7,14H,5,8-13,19H2,1H3. The number of aromatic nitrogens is 2. The Bertz CT molecular complexity index is 680. The fourth-order valence-corrected chi connectivity index (χ4v) is 3.04. The molecule has 2 heterocycles. The maximum atomic E-state index is 12.1. The van der Waals surface area contributed by atoms with Crippen molar-refractivity contribution in [3.63, 3.8) is 0 Å². The molecule has 0 aliphatic carbocycles. The number of rotatable bonds is 6. The Balaban J connectivity index is 1.57. The summed E-state index contributed by atoms with van der Waals surface area (Å²) in [5, 5.41) is 4.09. The Morgan fingerprint density at radius 3 is 2.64 bits per heavy atom. The van der Waals surface area contributed by atoms with E-state index in [9.17, 15) is 4.79 Å². The van der Waals surface area contributed by atoms with E-state index < -0.39 is 0 Å². The number of benzene rings is 1. The van der Waals surface area contributed by atoms with Crippen LogP contribution in [0.15, 0.2) is 34.9 Å². The molecule has 1 aliphatic rings. The van der Waals surface area contributed by atoms with Gasteiger partial charge in [0.05, 0.1) is 6.04 Å². The molecule has 1 saturated heterocycles. The molecule has 0 radical (unpaired) electrons. The Morgan fingerprint density at radius 2 is 1.96 bits per heavy atom. The van der Waals surface area contributed by atoms with Gasteiger partial charge < -0.3 is 15.2 Å². The van der Waals surface area contributed by atoms with Crippen LogP contribution in [0.25, 0.3) is 11.4 Å². The molecule has 7 nitrogen and oxygen atoms in total. The number of piperazine rings is 1. The summed E-state index contributed by atoms with van der Waals surface area (Å²) in [5.41, 5.74) is 6.42. The molecule has 1 amide bonds. The molecule has 1 aromatic heterocycles. The average molecular weight is 343 g/mol. The summed E-state index contributed by atoms with van der Waals surface area (Å²) in [6.45, 7) is 5.69. The van der Waals surface area contributed by atoms with E-state index in [2.05, 4.69) is 22.0 Å². The minimum absolute atomic E-state index is 0.0336. The van der Waals surface area contributed by atoms with Crippen LogP contribution in [-0.2, 0) is 4.79 Å². The summed E-state index contributed by atoms with van der Waals surface area (Å²) in [5.74, 6) is 1.42. The van der Waals surface area contributed by atoms with E-state index in [-0.39, 0.29) is 11.9 Å². The molecule has 1 aliphatic heterocycles. The molecule has 1 aromatic carbocycles. The van der Waals surface area contributed by atoms with Gasteiger partial charge in [-0.05, 0) is 19.9 Å². The molecular formula is C18H25N5O2. The van der Waals surface area contributed by atoms with Crippen LogP contribution < -0.4 is 5.73 Å². The van der Waals surface area contributed by atoms with Crippen molar-refractivity contribution in [2.75, 3.05) is 32.7 Å². The van der Waals surface area contributed by atoms with Crippen molar-refractivity contribution in [1.29, 1.82) is 0 Å². The van der Waals surface area contributed by atoms with Crippen LogP contribution in [0.3, 0.4) is 0 Å². The number of hydrogen-bond donors (Lipinski definition) is 1. The smallest absolute Gasteiger partial charge is 0.244 e. The third kappa shape index (κ3) is 4.24. The van der Waals surface area contributed by atoms with Crippen molar-refractivity contribution in [2.24, 2.45) is 5.73 Å². The Labute approximate surface area is 147 Å². The molecule has 134 valence electrons. The molecule has 1 atom stereocenters. The fourth-order valence-electron chi connectivity index (χ4n) is 3.04. The molecule has 2 aromatic rings. The molecule has 0 spiro atoms. The summed E-state index contributed by atoms with van der Waals surface area (Å²) >= 11 is 0. The maximum Gasteiger partial charge on any atom is 0.244 e. The summed E-state index contributed by atoms with van der Waals surface area (Å²) in [6.07, 6.45) is 1.29. The largest absolute Gasteiger partial charge is 0.340 e. The molecular weight excluding hydrogens is 318 g/mol. The molecule has 25 heavy (non-hydrogen) atoms. The van der Waals surface area contributed by atoms with Gasteiger partial charge in [-0.25, -0.2) is 0 Å². The topological polar surface area (TPSA) is 88.5 Å². The lowest BCUT2D eigenvalue weighted by Gasteiger charge is -2.36. The van der Waals surface area contributed by atoms with Crippen LogP contribution in [0.4, 0.5) is 0 Å². The van der Waals surface area contributed by atoms with Crippen LogP contribution in [0.2, 0.25) is 0 Å². The molecule has 7 heteroatoms. The number of nitrogens with two attached hydrogens (primary N) is 1. The second-order valence-electron chi connectivity index (χ2n) is 6.31. The quantitative estimate of drug-likeness (QED) is 0.858. The average Bonchev–Trinajstić information content (AvgIpc) is 3.16. The van der Waals surface area contributed by atoms with E-state index in [0.29, 0.717) is 24.7 Å². The van der Waals surface area contributed by atoms with E-state index in [1.165, 1.54) is 0 Å². The number of carbonyl (C=O) groups excluding carboxylic acids is 1. The van der Waals surface area contributed by atoms with Crippen molar-refractivity contribution in [3.8, 4) is 11.4 Å².